The molecule has 0 aliphatic carbocycles. The highest BCUT2D eigenvalue weighted by atomic mass is 32.2. The van der Waals surface area contributed by atoms with Crippen LogP contribution in [0.4, 0.5) is 30.7 Å². The molecule has 0 spiro atoms. The summed E-state index contributed by atoms with van der Waals surface area (Å²) in [7, 11) is 0. The Morgan fingerprint density at radius 2 is 1.58 bits per heavy atom. The predicted octanol–water partition coefficient (Wildman–Crippen LogP) is 5.61. The predicted molar refractivity (Wildman–Crippen MR) is 77.8 cm³/mol. The number of carboxylic acid groups (broad SMARTS) is 1. The van der Waals surface area contributed by atoms with Crippen LogP contribution in [0.15, 0.2) is 0 Å². The first-order valence-corrected chi connectivity index (χ1v) is 8.51. The number of carboxylic acids is 1. The van der Waals surface area contributed by atoms with E-state index in [0.717, 1.165) is 11.8 Å². The molecule has 0 rings (SSSR count). The van der Waals surface area contributed by atoms with Crippen LogP contribution < -0.4 is 0 Å². The van der Waals surface area contributed by atoms with E-state index in [4.69, 9.17) is 5.11 Å². The Kier molecular flexibility index (Phi) is 8.89. The van der Waals surface area contributed by atoms with Crippen molar-refractivity contribution in [3.8, 4) is 0 Å². The molecule has 0 amide bonds. The average Bonchev–Trinajstić information content (AvgIpc) is 2.44. The van der Waals surface area contributed by atoms with Gasteiger partial charge in [-0.3, -0.25) is 4.79 Å². The number of hydrogen-bond acceptors (Lipinski definition) is 2. The van der Waals surface area contributed by atoms with Gasteiger partial charge in [0, 0.05) is 11.7 Å². The van der Waals surface area contributed by atoms with Crippen LogP contribution in [-0.4, -0.2) is 40.1 Å². The monoisotopic (exact) mass is 386 g/mol. The molecule has 0 saturated heterocycles. The molecule has 0 aromatic heterocycles. The summed E-state index contributed by atoms with van der Waals surface area (Å²) >= 11 is 1.12. The summed E-state index contributed by atoms with van der Waals surface area (Å²) in [4.78, 5) is 10.9. The lowest BCUT2D eigenvalue weighted by atomic mass is 9.99. The van der Waals surface area contributed by atoms with E-state index in [1.807, 2.05) is 0 Å². The van der Waals surface area contributed by atoms with Gasteiger partial charge < -0.3 is 5.11 Å². The molecule has 0 aliphatic rings. The molecule has 2 nitrogen and oxygen atoms in total. The Labute approximate surface area is 140 Å². The van der Waals surface area contributed by atoms with Gasteiger partial charge in [-0.15, -0.1) is 0 Å². The fourth-order valence-electron chi connectivity index (χ4n) is 2.02. The van der Waals surface area contributed by atoms with Crippen LogP contribution >= 0.6 is 11.8 Å². The molecule has 2 atom stereocenters. The average molecular weight is 386 g/mol. The Hall–Kier alpha value is -0.670. The molecule has 144 valence electrons. The summed E-state index contributed by atoms with van der Waals surface area (Å²) in [5.41, 5.74) is 0. The summed E-state index contributed by atoms with van der Waals surface area (Å²) in [6, 6.07) is 0. The second-order valence-corrected chi connectivity index (χ2v) is 6.87. The van der Waals surface area contributed by atoms with Crippen LogP contribution in [0.3, 0.4) is 0 Å². The third kappa shape index (κ3) is 6.33. The van der Waals surface area contributed by atoms with Crippen molar-refractivity contribution < 1.29 is 40.6 Å². The summed E-state index contributed by atoms with van der Waals surface area (Å²) in [6.07, 6.45) is -7.18. The molecule has 0 aromatic rings. The van der Waals surface area contributed by atoms with Gasteiger partial charge in [-0.25, -0.2) is 0 Å². The molecule has 0 saturated carbocycles. The van der Waals surface area contributed by atoms with Crippen LogP contribution in [0.1, 0.15) is 46.0 Å². The minimum Gasteiger partial charge on any atom is -0.481 e. The van der Waals surface area contributed by atoms with Crippen molar-refractivity contribution in [1.82, 2.24) is 0 Å². The third-order valence-corrected chi connectivity index (χ3v) is 5.17. The third-order valence-electron chi connectivity index (χ3n) is 3.65. The van der Waals surface area contributed by atoms with Crippen molar-refractivity contribution in [3.63, 3.8) is 0 Å². The fraction of sp³-hybridized carbons (Fsp3) is 0.929. The fourth-order valence-corrected chi connectivity index (χ4v) is 3.27. The lowest BCUT2D eigenvalue weighted by molar-refractivity contribution is -0.355. The number of thioether (sulfide) groups is 1. The summed E-state index contributed by atoms with van der Waals surface area (Å²) < 4.78 is 87.6. The summed E-state index contributed by atoms with van der Waals surface area (Å²) in [5.74, 6) is -12.9. The second kappa shape index (κ2) is 9.15. The van der Waals surface area contributed by atoms with Crippen molar-refractivity contribution in [2.45, 2.75) is 69.2 Å². The number of halogens is 7. The smallest absolute Gasteiger partial charge is 0.459 e. The molecule has 0 bridgehead atoms. The second-order valence-electron chi connectivity index (χ2n) is 5.46. The van der Waals surface area contributed by atoms with E-state index in [2.05, 4.69) is 0 Å². The molecule has 2 unspecified atom stereocenters. The van der Waals surface area contributed by atoms with Crippen molar-refractivity contribution in [2.24, 2.45) is 5.92 Å². The highest BCUT2D eigenvalue weighted by molar-refractivity contribution is 7.99. The van der Waals surface area contributed by atoms with Gasteiger partial charge in [-0.1, -0.05) is 13.8 Å². The van der Waals surface area contributed by atoms with E-state index in [0.29, 0.717) is 19.3 Å². The van der Waals surface area contributed by atoms with Crippen LogP contribution in [0.5, 0.6) is 0 Å². The molecule has 24 heavy (non-hydrogen) atoms. The first-order valence-electron chi connectivity index (χ1n) is 7.46. The van der Waals surface area contributed by atoms with Crippen molar-refractivity contribution in [3.05, 3.63) is 0 Å². The molecule has 10 heteroatoms. The quantitative estimate of drug-likeness (QED) is 0.370. The van der Waals surface area contributed by atoms with Crippen LogP contribution in [-0.2, 0) is 4.79 Å². The zero-order chi connectivity index (χ0) is 19.2. The van der Waals surface area contributed by atoms with E-state index in [1.165, 1.54) is 0 Å². The van der Waals surface area contributed by atoms with Crippen LogP contribution in [0.25, 0.3) is 0 Å². The highest BCUT2D eigenvalue weighted by Crippen LogP contribution is 2.48. The van der Waals surface area contributed by atoms with E-state index in [1.54, 1.807) is 13.8 Å². The number of rotatable bonds is 11. The maximum absolute atomic E-state index is 13.1. The van der Waals surface area contributed by atoms with Gasteiger partial charge >= 0.3 is 24.0 Å². The van der Waals surface area contributed by atoms with Crippen molar-refractivity contribution in [1.29, 1.82) is 0 Å². The van der Waals surface area contributed by atoms with Gasteiger partial charge in [-0.05, 0) is 31.4 Å². The lowest BCUT2D eigenvalue weighted by Crippen LogP contribution is -2.51. The van der Waals surface area contributed by atoms with E-state index in [9.17, 15) is 35.5 Å². The van der Waals surface area contributed by atoms with Gasteiger partial charge in [-0.2, -0.15) is 42.5 Å². The van der Waals surface area contributed by atoms with E-state index < -0.39 is 42.8 Å². The van der Waals surface area contributed by atoms with Crippen LogP contribution in [0, 0.1) is 5.92 Å². The maximum atomic E-state index is 13.1. The normalized spacial score (nSPS) is 16.0. The molecule has 1 N–H and O–H groups in total. The molecular formula is C14H21F7O2S. The van der Waals surface area contributed by atoms with E-state index in [-0.39, 0.29) is 11.0 Å². The Morgan fingerprint density at radius 1 is 1.04 bits per heavy atom. The molecule has 0 radical (unpaired) electrons. The largest absolute Gasteiger partial charge is 0.481 e. The number of aliphatic carboxylic acids is 1. The molecule has 0 aliphatic heterocycles. The first-order chi connectivity index (χ1) is 10.8. The summed E-state index contributed by atoms with van der Waals surface area (Å²) in [6.45, 7) is 3.45. The molecular weight excluding hydrogens is 365 g/mol. The van der Waals surface area contributed by atoms with Gasteiger partial charge in [0.1, 0.15) is 0 Å². The van der Waals surface area contributed by atoms with Gasteiger partial charge in [0.2, 0.25) is 0 Å². The number of alkyl halides is 7. The minimum atomic E-state index is -6.30. The van der Waals surface area contributed by atoms with Gasteiger partial charge in [0.15, 0.2) is 0 Å². The standard InChI is InChI=1S/C14H21F7O2S/c1-3-9(11(22)23)8-10(4-2)24-7-5-6-12(15,16)13(17,18)14(19,20)21/h9-10H,3-8H2,1-2H3,(H,22,23). The molecule has 0 heterocycles. The Morgan fingerprint density at radius 3 is 1.96 bits per heavy atom. The number of carbonyl (C=O) groups is 1. The molecule has 0 aromatic carbocycles. The van der Waals surface area contributed by atoms with Crippen molar-refractivity contribution in [2.75, 3.05) is 5.75 Å². The highest BCUT2D eigenvalue weighted by Gasteiger charge is 2.72. The Bertz CT molecular complexity index is 399. The SMILES string of the molecule is CCC(CC(CC)C(=O)O)SCCCC(F)(F)C(F)(F)C(F)(F)F. The molecule has 0 fully saturated rings. The first kappa shape index (κ1) is 23.3. The zero-order valence-electron chi connectivity index (χ0n) is 13.3. The number of hydrogen-bond donors (Lipinski definition) is 1. The van der Waals surface area contributed by atoms with Gasteiger partial charge in [0.25, 0.3) is 0 Å². The van der Waals surface area contributed by atoms with E-state index >= 15 is 0 Å². The van der Waals surface area contributed by atoms with Crippen LogP contribution in [0.2, 0.25) is 0 Å². The topological polar surface area (TPSA) is 37.3 Å². The maximum Gasteiger partial charge on any atom is 0.459 e. The van der Waals surface area contributed by atoms with Crippen molar-refractivity contribution >= 4 is 17.7 Å². The summed E-state index contributed by atoms with van der Waals surface area (Å²) in [5, 5.41) is 8.79. The Balaban J connectivity index is 4.47. The zero-order valence-corrected chi connectivity index (χ0v) is 14.1. The lowest BCUT2D eigenvalue weighted by Gasteiger charge is -2.28. The minimum absolute atomic E-state index is 0.0436. The van der Waals surface area contributed by atoms with Gasteiger partial charge in [0.05, 0.1) is 5.92 Å².